The molecule has 0 spiro atoms. The van der Waals surface area contributed by atoms with Crippen LogP contribution in [0.15, 0.2) is 11.3 Å². The molecule has 0 heterocycles. The molecule has 0 aromatic heterocycles. The Morgan fingerprint density at radius 2 is 2.17 bits per heavy atom. The summed E-state index contributed by atoms with van der Waals surface area (Å²) in [7, 11) is 3.29. The normalized spacial score (nSPS) is 12.8. The standard InChI is InChI=1S/C7H15N3O2/c1-5(9-2)6(7(11)12)4-10(3)8/h9H,4,8H2,1-3H3,(H,11,12)/b6-5+. The molecule has 0 bridgehead atoms. The molecule has 0 saturated carbocycles. The van der Waals surface area contributed by atoms with E-state index in [1.54, 1.807) is 21.0 Å². The third kappa shape index (κ3) is 3.36. The predicted octanol–water partition coefficient (Wildman–Crippen LogP) is -0.630. The summed E-state index contributed by atoms with van der Waals surface area (Å²) >= 11 is 0. The Labute approximate surface area is 71.8 Å². The van der Waals surface area contributed by atoms with Crippen molar-refractivity contribution in [1.82, 2.24) is 10.3 Å². The lowest BCUT2D eigenvalue weighted by Gasteiger charge is -2.12. The average Bonchev–Trinajstić information content (AvgIpc) is 1.98. The Morgan fingerprint density at radius 1 is 1.67 bits per heavy atom. The van der Waals surface area contributed by atoms with Crippen molar-refractivity contribution in [3.63, 3.8) is 0 Å². The Kier molecular flexibility index (Phi) is 4.31. The number of aliphatic carboxylic acids is 1. The van der Waals surface area contributed by atoms with Gasteiger partial charge in [0.25, 0.3) is 0 Å². The molecule has 0 unspecified atom stereocenters. The van der Waals surface area contributed by atoms with Crippen molar-refractivity contribution >= 4 is 5.97 Å². The first kappa shape index (κ1) is 10.9. The quantitative estimate of drug-likeness (QED) is 0.300. The minimum absolute atomic E-state index is 0.224. The summed E-state index contributed by atoms with van der Waals surface area (Å²) in [5, 5.41) is 12.8. The number of hydrogen-bond acceptors (Lipinski definition) is 4. The summed E-state index contributed by atoms with van der Waals surface area (Å²) in [6.45, 7) is 1.93. The maximum atomic E-state index is 10.7. The number of nitrogens with one attached hydrogen (secondary N) is 1. The van der Waals surface area contributed by atoms with Gasteiger partial charge in [-0.1, -0.05) is 0 Å². The van der Waals surface area contributed by atoms with Crippen molar-refractivity contribution in [2.75, 3.05) is 20.6 Å². The van der Waals surface area contributed by atoms with Crippen LogP contribution in [0.2, 0.25) is 0 Å². The van der Waals surface area contributed by atoms with Gasteiger partial charge in [-0.2, -0.15) is 0 Å². The molecule has 0 aromatic rings. The van der Waals surface area contributed by atoms with Crippen LogP contribution in [0, 0.1) is 0 Å². The Hall–Kier alpha value is -1.07. The third-order valence-corrected chi connectivity index (χ3v) is 1.49. The average molecular weight is 173 g/mol. The summed E-state index contributed by atoms with van der Waals surface area (Å²) < 4.78 is 0. The number of nitrogens with zero attached hydrogens (tertiary/aromatic N) is 1. The van der Waals surface area contributed by atoms with Crippen LogP contribution >= 0.6 is 0 Å². The summed E-state index contributed by atoms with van der Waals surface area (Å²) in [5.41, 5.74) is 0.905. The molecule has 0 aliphatic carbocycles. The van der Waals surface area contributed by atoms with Crippen molar-refractivity contribution in [3.05, 3.63) is 11.3 Å². The Morgan fingerprint density at radius 3 is 2.42 bits per heavy atom. The van der Waals surface area contributed by atoms with Gasteiger partial charge >= 0.3 is 5.97 Å². The molecule has 0 aliphatic heterocycles. The zero-order valence-electron chi connectivity index (χ0n) is 7.59. The van der Waals surface area contributed by atoms with E-state index in [1.807, 2.05) is 0 Å². The highest BCUT2D eigenvalue weighted by atomic mass is 16.4. The highest BCUT2D eigenvalue weighted by Crippen LogP contribution is 2.01. The fourth-order valence-electron chi connectivity index (χ4n) is 0.747. The van der Waals surface area contributed by atoms with E-state index in [2.05, 4.69) is 5.32 Å². The monoisotopic (exact) mass is 173 g/mol. The molecular formula is C7H15N3O2. The molecule has 0 aliphatic rings. The minimum atomic E-state index is -0.945. The molecule has 0 fully saturated rings. The predicted molar refractivity (Wildman–Crippen MR) is 46.2 cm³/mol. The number of hydrogen-bond donors (Lipinski definition) is 3. The fourth-order valence-corrected chi connectivity index (χ4v) is 0.747. The van der Waals surface area contributed by atoms with E-state index < -0.39 is 5.97 Å². The number of carboxylic acids is 1. The van der Waals surface area contributed by atoms with E-state index in [4.69, 9.17) is 10.9 Å². The number of allylic oxidation sites excluding steroid dienone is 1. The van der Waals surface area contributed by atoms with Crippen LogP contribution in [0.25, 0.3) is 0 Å². The highest BCUT2D eigenvalue weighted by Gasteiger charge is 2.11. The molecule has 0 aromatic carbocycles. The summed E-state index contributed by atoms with van der Waals surface area (Å²) in [6.07, 6.45) is 0. The van der Waals surface area contributed by atoms with Gasteiger partial charge in [0.05, 0.1) is 5.57 Å². The minimum Gasteiger partial charge on any atom is -0.478 e. The first-order chi connectivity index (χ1) is 5.49. The lowest BCUT2D eigenvalue weighted by Crippen LogP contribution is -2.31. The molecule has 0 radical (unpaired) electrons. The van der Waals surface area contributed by atoms with Crippen LogP contribution in [-0.4, -0.2) is 36.7 Å². The summed E-state index contributed by atoms with van der Waals surface area (Å²) in [4.78, 5) is 10.7. The van der Waals surface area contributed by atoms with Crippen LogP contribution in [-0.2, 0) is 4.79 Å². The number of carbonyl (C=O) groups is 1. The van der Waals surface area contributed by atoms with Crippen molar-refractivity contribution in [2.45, 2.75) is 6.92 Å². The Bertz CT molecular complexity index is 199. The zero-order chi connectivity index (χ0) is 9.72. The number of carboxylic acid groups (broad SMARTS) is 1. The zero-order valence-corrected chi connectivity index (χ0v) is 7.59. The molecule has 12 heavy (non-hydrogen) atoms. The number of likely N-dealkylation sites (N-methyl/N-ethyl adjacent to an activating group) is 1. The van der Waals surface area contributed by atoms with Crippen molar-refractivity contribution in [2.24, 2.45) is 5.84 Å². The van der Waals surface area contributed by atoms with Gasteiger partial charge in [0.15, 0.2) is 0 Å². The molecule has 5 heteroatoms. The van der Waals surface area contributed by atoms with E-state index in [0.29, 0.717) is 5.70 Å². The second-order valence-electron chi connectivity index (χ2n) is 2.57. The van der Waals surface area contributed by atoms with Gasteiger partial charge in [0.2, 0.25) is 0 Å². The molecule has 4 N–H and O–H groups in total. The summed E-state index contributed by atoms with van der Waals surface area (Å²) in [6, 6.07) is 0. The molecule has 0 atom stereocenters. The van der Waals surface area contributed by atoms with E-state index in [0.717, 1.165) is 0 Å². The lowest BCUT2D eigenvalue weighted by atomic mass is 10.2. The highest BCUT2D eigenvalue weighted by molar-refractivity contribution is 5.87. The van der Waals surface area contributed by atoms with Gasteiger partial charge in [0, 0.05) is 26.3 Å². The molecule has 0 saturated heterocycles. The smallest absolute Gasteiger partial charge is 0.334 e. The van der Waals surface area contributed by atoms with Crippen LogP contribution in [0.4, 0.5) is 0 Å². The van der Waals surface area contributed by atoms with Crippen LogP contribution in [0.3, 0.4) is 0 Å². The van der Waals surface area contributed by atoms with Crippen LogP contribution < -0.4 is 11.2 Å². The van der Waals surface area contributed by atoms with Gasteiger partial charge < -0.3 is 10.4 Å². The van der Waals surface area contributed by atoms with Gasteiger partial charge in [-0.25, -0.2) is 9.80 Å². The first-order valence-electron chi connectivity index (χ1n) is 3.55. The van der Waals surface area contributed by atoms with E-state index in [9.17, 15) is 4.79 Å². The fraction of sp³-hybridized carbons (Fsp3) is 0.571. The van der Waals surface area contributed by atoms with Gasteiger partial charge in [0.1, 0.15) is 0 Å². The van der Waals surface area contributed by atoms with Crippen molar-refractivity contribution in [1.29, 1.82) is 0 Å². The van der Waals surface area contributed by atoms with Crippen molar-refractivity contribution in [3.8, 4) is 0 Å². The third-order valence-electron chi connectivity index (χ3n) is 1.49. The van der Waals surface area contributed by atoms with Crippen molar-refractivity contribution < 1.29 is 9.90 Å². The number of rotatable bonds is 4. The van der Waals surface area contributed by atoms with Crippen LogP contribution in [0.5, 0.6) is 0 Å². The van der Waals surface area contributed by atoms with Gasteiger partial charge in [-0.05, 0) is 6.92 Å². The molecule has 0 rings (SSSR count). The number of hydrazine groups is 1. The molecular weight excluding hydrogens is 158 g/mol. The number of nitrogens with two attached hydrogens (primary N) is 1. The van der Waals surface area contributed by atoms with E-state index in [1.165, 1.54) is 5.01 Å². The first-order valence-corrected chi connectivity index (χ1v) is 3.55. The maximum absolute atomic E-state index is 10.7. The molecule has 5 nitrogen and oxygen atoms in total. The summed E-state index contributed by atoms with van der Waals surface area (Å²) in [5.74, 6) is 4.39. The molecule has 0 amide bonds. The van der Waals surface area contributed by atoms with E-state index >= 15 is 0 Å². The maximum Gasteiger partial charge on any atom is 0.334 e. The largest absolute Gasteiger partial charge is 0.478 e. The van der Waals surface area contributed by atoms with Crippen LogP contribution in [0.1, 0.15) is 6.92 Å². The SMILES string of the molecule is CN/C(C)=C(\CN(C)N)C(=O)O. The Balaban J connectivity index is 4.55. The van der Waals surface area contributed by atoms with E-state index in [-0.39, 0.29) is 12.1 Å². The van der Waals surface area contributed by atoms with Gasteiger partial charge in [-0.3, -0.25) is 5.84 Å². The molecule has 70 valence electrons. The van der Waals surface area contributed by atoms with Gasteiger partial charge in [-0.15, -0.1) is 0 Å². The second-order valence-corrected chi connectivity index (χ2v) is 2.57. The second kappa shape index (κ2) is 4.74. The topological polar surface area (TPSA) is 78.6 Å². The lowest BCUT2D eigenvalue weighted by molar-refractivity contribution is -0.133.